The first-order valence-electron chi connectivity index (χ1n) is 3.50. The number of hydrogen-bond acceptors (Lipinski definition) is 3. The second-order valence-electron chi connectivity index (χ2n) is 2.00. The minimum atomic E-state index is 0.700. The van der Waals surface area contributed by atoms with E-state index in [1.807, 2.05) is 0 Å². The molecule has 62 valence electrons. The van der Waals surface area contributed by atoms with Crippen molar-refractivity contribution in [2.45, 2.75) is 17.7 Å². The van der Waals surface area contributed by atoms with Crippen molar-refractivity contribution in [1.82, 2.24) is 4.98 Å². The summed E-state index contributed by atoms with van der Waals surface area (Å²) in [5.74, 6) is 1.66. The molecule has 0 saturated heterocycles. The molecule has 0 aliphatic rings. The molecule has 0 atom stereocenters. The monoisotopic (exact) mass is 207 g/mol. The highest BCUT2D eigenvalue weighted by Crippen LogP contribution is 2.22. The van der Waals surface area contributed by atoms with Crippen molar-refractivity contribution < 1.29 is 0 Å². The Morgan fingerprint density at radius 2 is 2.55 bits per heavy atom. The third-order valence-electron chi connectivity index (χ3n) is 1.20. The van der Waals surface area contributed by atoms with Gasteiger partial charge in [0.2, 0.25) is 0 Å². The fourth-order valence-electron chi connectivity index (χ4n) is 0.643. The van der Waals surface area contributed by atoms with Crippen molar-refractivity contribution in [3.05, 3.63) is 11.1 Å². The first-order valence-corrected chi connectivity index (χ1v) is 5.90. The number of halogens is 1. The van der Waals surface area contributed by atoms with E-state index in [1.54, 1.807) is 23.1 Å². The zero-order valence-corrected chi connectivity index (χ0v) is 8.73. The van der Waals surface area contributed by atoms with Crippen molar-refractivity contribution in [3.8, 4) is 0 Å². The van der Waals surface area contributed by atoms with Crippen LogP contribution in [0.2, 0.25) is 0 Å². The zero-order valence-electron chi connectivity index (χ0n) is 6.34. The SMILES string of the molecule is CCc1csc(SCCCl)n1. The minimum absolute atomic E-state index is 0.700. The van der Waals surface area contributed by atoms with Crippen LogP contribution in [0.4, 0.5) is 0 Å². The van der Waals surface area contributed by atoms with Crippen LogP contribution >= 0.6 is 34.7 Å². The van der Waals surface area contributed by atoms with Crippen LogP contribution in [0, 0.1) is 0 Å². The van der Waals surface area contributed by atoms with Crippen LogP contribution in [0.15, 0.2) is 9.72 Å². The molecule has 0 fully saturated rings. The number of rotatable bonds is 4. The van der Waals surface area contributed by atoms with E-state index in [0.29, 0.717) is 5.88 Å². The van der Waals surface area contributed by atoms with E-state index in [4.69, 9.17) is 11.6 Å². The number of thioether (sulfide) groups is 1. The lowest BCUT2D eigenvalue weighted by atomic mass is 10.4. The molecular formula is C7H10ClNS2. The summed E-state index contributed by atoms with van der Waals surface area (Å²) in [5, 5.41) is 2.11. The van der Waals surface area contributed by atoms with Crippen LogP contribution in [0.3, 0.4) is 0 Å². The van der Waals surface area contributed by atoms with Gasteiger partial charge >= 0.3 is 0 Å². The molecule has 0 amide bonds. The van der Waals surface area contributed by atoms with Crippen LogP contribution in [0.1, 0.15) is 12.6 Å². The van der Waals surface area contributed by atoms with Gasteiger partial charge in [-0.25, -0.2) is 4.98 Å². The summed E-state index contributed by atoms with van der Waals surface area (Å²) in [4.78, 5) is 4.39. The molecule has 1 aromatic heterocycles. The zero-order chi connectivity index (χ0) is 8.10. The molecule has 0 N–H and O–H groups in total. The summed E-state index contributed by atoms with van der Waals surface area (Å²) in [5.41, 5.74) is 1.19. The Hall–Kier alpha value is 0.270. The van der Waals surface area contributed by atoms with E-state index in [9.17, 15) is 0 Å². The maximum Gasteiger partial charge on any atom is 0.150 e. The summed E-state index contributed by atoms with van der Waals surface area (Å²) in [7, 11) is 0. The van der Waals surface area contributed by atoms with Crippen LogP contribution in [0.25, 0.3) is 0 Å². The lowest BCUT2D eigenvalue weighted by Crippen LogP contribution is -1.80. The fraction of sp³-hybridized carbons (Fsp3) is 0.571. The molecule has 0 bridgehead atoms. The number of thiazole rings is 1. The van der Waals surface area contributed by atoms with Crippen molar-refractivity contribution in [3.63, 3.8) is 0 Å². The quantitative estimate of drug-likeness (QED) is 0.556. The first-order chi connectivity index (χ1) is 5.36. The Bertz CT molecular complexity index is 212. The van der Waals surface area contributed by atoms with Gasteiger partial charge in [0.05, 0.1) is 5.69 Å². The normalized spacial score (nSPS) is 10.4. The van der Waals surface area contributed by atoms with E-state index in [1.165, 1.54) is 5.69 Å². The summed E-state index contributed by atoms with van der Waals surface area (Å²) >= 11 is 8.99. The van der Waals surface area contributed by atoms with Gasteiger partial charge in [0.25, 0.3) is 0 Å². The topological polar surface area (TPSA) is 12.9 Å². The van der Waals surface area contributed by atoms with Crippen molar-refractivity contribution in [2.75, 3.05) is 11.6 Å². The molecule has 0 radical (unpaired) electrons. The van der Waals surface area contributed by atoms with Gasteiger partial charge in [0.1, 0.15) is 4.34 Å². The predicted molar refractivity (Wildman–Crippen MR) is 52.9 cm³/mol. The molecule has 1 aromatic rings. The second kappa shape index (κ2) is 5.01. The molecule has 0 saturated carbocycles. The smallest absolute Gasteiger partial charge is 0.150 e. The van der Waals surface area contributed by atoms with Crippen LogP contribution in [-0.4, -0.2) is 16.6 Å². The lowest BCUT2D eigenvalue weighted by Gasteiger charge is -1.89. The molecular weight excluding hydrogens is 198 g/mol. The van der Waals surface area contributed by atoms with Crippen LogP contribution in [-0.2, 0) is 6.42 Å². The van der Waals surface area contributed by atoms with Crippen molar-refractivity contribution >= 4 is 34.7 Å². The number of aryl methyl sites for hydroxylation is 1. The van der Waals surface area contributed by atoms with Crippen LogP contribution < -0.4 is 0 Å². The second-order valence-corrected chi connectivity index (χ2v) is 4.57. The first kappa shape index (κ1) is 9.36. The molecule has 1 rings (SSSR count). The Morgan fingerprint density at radius 1 is 1.73 bits per heavy atom. The average Bonchev–Trinajstić information content (AvgIpc) is 2.48. The van der Waals surface area contributed by atoms with E-state index in [0.717, 1.165) is 16.5 Å². The van der Waals surface area contributed by atoms with E-state index < -0.39 is 0 Å². The number of nitrogens with zero attached hydrogens (tertiary/aromatic N) is 1. The van der Waals surface area contributed by atoms with Gasteiger partial charge in [-0.3, -0.25) is 0 Å². The Morgan fingerprint density at radius 3 is 3.09 bits per heavy atom. The van der Waals surface area contributed by atoms with Crippen LogP contribution in [0.5, 0.6) is 0 Å². The molecule has 0 aliphatic heterocycles. The van der Waals surface area contributed by atoms with Gasteiger partial charge in [-0.2, -0.15) is 0 Å². The minimum Gasteiger partial charge on any atom is -0.235 e. The third-order valence-corrected chi connectivity index (χ3v) is 3.68. The van der Waals surface area contributed by atoms with E-state index >= 15 is 0 Å². The molecule has 1 heterocycles. The Labute approximate surface area is 80.2 Å². The van der Waals surface area contributed by atoms with Gasteiger partial charge in [-0.05, 0) is 6.42 Å². The maximum absolute atomic E-state index is 5.55. The van der Waals surface area contributed by atoms with Gasteiger partial charge in [0.15, 0.2) is 0 Å². The molecule has 0 spiro atoms. The summed E-state index contributed by atoms with van der Waals surface area (Å²) < 4.78 is 1.14. The highest BCUT2D eigenvalue weighted by Gasteiger charge is 1.99. The van der Waals surface area contributed by atoms with Crippen molar-refractivity contribution in [2.24, 2.45) is 0 Å². The summed E-state index contributed by atoms with van der Waals surface area (Å²) in [6.45, 7) is 2.12. The van der Waals surface area contributed by atoms with E-state index in [2.05, 4.69) is 17.3 Å². The van der Waals surface area contributed by atoms with Crippen molar-refractivity contribution in [1.29, 1.82) is 0 Å². The van der Waals surface area contributed by atoms with Gasteiger partial charge < -0.3 is 0 Å². The average molecular weight is 208 g/mol. The standard InChI is InChI=1S/C7H10ClNS2/c1-2-6-5-11-7(9-6)10-4-3-8/h5H,2-4H2,1H3. The molecule has 0 aromatic carbocycles. The Balaban J connectivity index is 2.44. The van der Waals surface area contributed by atoms with Gasteiger partial charge in [0, 0.05) is 17.0 Å². The highest BCUT2D eigenvalue weighted by atomic mass is 35.5. The largest absolute Gasteiger partial charge is 0.235 e. The van der Waals surface area contributed by atoms with E-state index in [-0.39, 0.29) is 0 Å². The molecule has 0 unspecified atom stereocenters. The maximum atomic E-state index is 5.55. The fourth-order valence-corrected chi connectivity index (χ4v) is 2.60. The Kier molecular flexibility index (Phi) is 4.26. The molecule has 11 heavy (non-hydrogen) atoms. The predicted octanol–water partition coefficient (Wildman–Crippen LogP) is 3.04. The van der Waals surface area contributed by atoms with Gasteiger partial charge in [-0.15, -0.1) is 22.9 Å². The number of aromatic nitrogens is 1. The molecule has 1 nitrogen and oxygen atoms in total. The van der Waals surface area contributed by atoms with Gasteiger partial charge in [-0.1, -0.05) is 18.7 Å². The summed E-state index contributed by atoms with van der Waals surface area (Å²) in [6.07, 6.45) is 1.03. The number of hydrogen-bond donors (Lipinski definition) is 0. The molecule has 4 heteroatoms. The summed E-state index contributed by atoms with van der Waals surface area (Å²) in [6, 6.07) is 0. The molecule has 0 aliphatic carbocycles. The third kappa shape index (κ3) is 3.01. The number of alkyl halides is 1. The lowest BCUT2D eigenvalue weighted by molar-refractivity contribution is 1.02. The highest BCUT2D eigenvalue weighted by molar-refractivity contribution is 8.01.